The first kappa shape index (κ1) is 12.2. The fourth-order valence-electron chi connectivity index (χ4n) is 1.05. The van der Waals surface area contributed by atoms with Crippen LogP contribution >= 0.6 is 0 Å². The molecule has 0 fully saturated rings. The fourth-order valence-corrected chi connectivity index (χ4v) is 1.05. The number of hydrogen-bond acceptors (Lipinski definition) is 6. The molecule has 0 radical (unpaired) electrons. The van der Waals surface area contributed by atoms with Gasteiger partial charge in [-0.15, -0.1) is 0 Å². The molecule has 1 aromatic rings. The zero-order chi connectivity index (χ0) is 12.0. The van der Waals surface area contributed by atoms with Crippen molar-refractivity contribution in [3.63, 3.8) is 0 Å². The topological polar surface area (TPSA) is 135 Å². The number of aromatic hydroxyl groups is 1. The van der Waals surface area contributed by atoms with Crippen LogP contribution in [0.25, 0.3) is 10.4 Å². The molecule has 0 saturated heterocycles. The van der Waals surface area contributed by atoms with Crippen LogP contribution in [0, 0.1) is 0 Å². The molecular weight excluding hydrogens is 214 g/mol. The van der Waals surface area contributed by atoms with E-state index in [2.05, 4.69) is 20.0 Å². The van der Waals surface area contributed by atoms with Crippen LogP contribution in [0.3, 0.4) is 0 Å². The molecule has 0 amide bonds. The van der Waals surface area contributed by atoms with E-state index in [1.807, 2.05) is 0 Å². The van der Waals surface area contributed by atoms with Crippen LogP contribution in [0.4, 0.5) is 0 Å². The average Bonchev–Trinajstić information content (AvgIpc) is 2.29. The minimum atomic E-state index is -1.27. The number of aliphatic hydroxyl groups excluding tert-OH is 2. The lowest BCUT2D eigenvalue weighted by Gasteiger charge is -2.15. The summed E-state index contributed by atoms with van der Waals surface area (Å²) in [6.07, 6.45) is -0.0445. The molecule has 2 atom stereocenters. The van der Waals surface area contributed by atoms with Crippen molar-refractivity contribution in [2.24, 2.45) is 5.11 Å². The normalized spacial score (nSPS) is 13.9. The number of nitrogens with zero attached hydrogens (tertiary/aromatic N) is 5. The number of aromatic nitrogens is 2. The van der Waals surface area contributed by atoms with Crippen molar-refractivity contribution in [3.05, 3.63) is 28.7 Å². The Morgan fingerprint density at radius 2 is 2.00 bits per heavy atom. The van der Waals surface area contributed by atoms with Crippen molar-refractivity contribution in [1.29, 1.82) is 0 Å². The molecule has 8 heteroatoms. The van der Waals surface area contributed by atoms with Crippen LogP contribution < -0.4 is 0 Å². The molecule has 1 heterocycles. The maximum absolute atomic E-state index is 9.59. The highest BCUT2D eigenvalue weighted by Gasteiger charge is 2.20. The molecule has 0 aromatic carbocycles. The van der Waals surface area contributed by atoms with Gasteiger partial charge in [0.05, 0.1) is 18.5 Å². The molecule has 0 aliphatic rings. The predicted octanol–water partition coefficient (Wildman–Crippen LogP) is 0.277. The summed E-state index contributed by atoms with van der Waals surface area (Å²) in [5.41, 5.74) is 8.03. The zero-order valence-electron chi connectivity index (χ0n) is 8.30. The standard InChI is InChI=1S/C8H11N5O3/c9-13-12-2-1-6(15)7(16)8-10-3-5(14)4-11-8/h3-4,6-7,14-16H,1-2H2. The third-order valence-corrected chi connectivity index (χ3v) is 1.88. The van der Waals surface area contributed by atoms with E-state index in [1.54, 1.807) is 0 Å². The third kappa shape index (κ3) is 3.35. The van der Waals surface area contributed by atoms with Gasteiger partial charge in [0, 0.05) is 11.5 Å². The third-order valence-electron chi connectivity index (χ3n) is 1.88. The lowest BCUT2D eigenvalue weighted by molar-refractivity contribution is 0.00967. The Bertz CT molecular complexity index is 376. The maximum Gasteiger partial charge on any atom is 0.159 e. The van der Waals surface area contributed by atoms with E-state index < -0.39 is 12.2 Å². The Hall–Kier alpha value is -1.89. The van der Waals surface area contributed by atoms with Gasteiger partial charge in [-0.1, -0.05) is 5.11 Å². The Balaban J connectivity index is 2.58. The molecule has 1 aromatic heterocycles. The van der Waals surface area contributed by atoms with Crippen molar-refractivity contribution in [3.8, 4) is 5.75 Å². The highest BCUT2D eigenvalue weighted by Crippen LogP contribution is 2.16. The Morgan fingerprint density at radius 3 is 2.56 bits per heavy atom. The maximum atomic E-state index is 9.59. The zero-order valence-corrected chi connectivity index (χ0v) is 8.30. The molecule has 0 spiro atoms. The molecule has 1 rings (SSSR count). The minimum Gasteiger partial charge on any atom is -0.505 e. The number of aliphatic hydroxyl groups is 2. The number of azide groups is 1. The summed E-state index contributed by atoms with van der Waals surface area (Å²) in [5, 5.41) is 31.2. The van der Waals surface area contributed by atoms with Crippen molar-refractivity contribution in [2.75, 3.05) is 6.54 Å². The summed E-state index contributed by atoms with van der Waals surface area (Å²) < 4.78 is 0. The van der Waals surface area contributed by atoms with E-state index in [0.717, 1.165) is 12.4 Å². The lowest BCUT2D eigenvalue weighted by atomic mass is 10.1. The summed E-state index contributed by atoms with van der Waals surface area (Å²) in [6.45, 7) is 0.0762. The number of hydrogen-bond donors (Lipinski definition) is 3. The smallest absolute Gasteiger partial charge is 0.159 e. The second-order valence-corrected chi connectivity index (χ2v) is 3.05. The molecule has 2 unspecified atom stereocenters. The van der Waals surface area contributed by atoms with Crippen LogP contribution in [0.15, 0.2) is 17.5 Å². The van der Waals surface area contributed by atoms with Gasteiger partial charge in [-0.2, -0.15) is 0 Å². The first-order valence-electron chi connectivity index (χ1n) is 4.53. The fraction of sp³-hybridized carbons (Fsp3) is 0.500. The Morgan fingerprint density at radius 1 is 1.38 bits per heavy atom. The van der Waals surface area contributed by atoms with E-state index in [1.165, 1.54) is 0 Å². The highest BCUT2D eigenvalue weighted by molar-refractivity contribution is 5.10. The summed E-state index contributed by atoms with van der Waals surface area (Å²) in [7, 11) is 0. The van der Waals surface area contributed by atoms with Gasteiger partial charge in [0.2, 0.25) is 0 Å². The van der Waals surface area contributed by atoms with E-state index >= 15 is 0 Å². The Labute approximate surface area is 90.8 Å². The van der Waals surface area contributed by atoms with E-state index in [-0.39, 0.29) is 24.5 Å². The molecule has 16 heavy (non-hydrogen) atoms. The second kappa shape index (κ2) is 5.86. The first-order chi connectivity index (χ1) is 7.65. The van der Waals surface area contributed by atoms with Crippen LogP contribution in [-0.4, -0.2) is 37.9 Å². The summed E-state index contributed by atoms with van der Waals surface area (Å²) in [6, 6.07) is 0. The van der Waals surface area contributed by atoms with Gasteiger partial charge in [-0.05, 0) is 12.0 Å². The van der Waals surface area contributed by atoms with Gasteiger partial charge in [-0.25, -0.2) is 9.97 Å². The molecule has 0 aliphatic heterocycles. The van der Waals surface area contributed by atoms with Gasteiger partial charge < -0.3 is 15.3 Å². The molecule has 0 saturated carbocycles. The summed E-state index contributed by atoms with van der Waals surface area (Å²) >= 11 is 0. The lowest BCUT2D eigenvalue weighted by Crippen LogP contribution is -2.21. The molecule has 0 bridgehead atoms. The van der Waals surface area contributed by atoms with Gasteiger partial charge in [0.25, 0.3) is 0 Å². The monoisotopic (exact) mass is 225 g/mol. The molecule has 86 valence electrons. The van der Waals surface area contributed by atoms with E-state index in [9.17, 15) is 10.2 Å². The SMILES string of the molecule is [N-]=[N+]=NCCC(O)C(O)c1ncc(O)cn1. The molecule has 3 N–H and O–H groups in total. The van der Waals surface area contributed by atoms with Crippen LogP contribution in [0.2, 0.25) is 0 Å². The minimum absolute atomic E-state index is 0.00578. The van der Waals surface area contributed by atoms with Crippen LogP contribution in [-0.2, 0) is 0 Å². The van der Waals surface area contributed by atoms with Crippen LogP contribution in [0.5, 0.6) is 5.75 Å². The largest absolute Gasteiger partial charge is 0.505 e. The first-order valence-corrected chi connectivity index (χ1v) is 4.53. The van der Waals surface area contributed by atoms with Crippen molar-refractivity contribution in [2.45, 2.75) is 18.6 Å². The highest BCUT2D eigenvalue weighted by atomic mass is 16.3. The quantitative estimate of drug-likeness (QED) is 0.375. The summed E-state index contributed by atoms with van der Waals surface area (Å²) in [5.74, 6) is -0.120. The van der Waals surface area contributed by atoms with Gasteiger partial charge in [-0.3, -0.25) is 0 Å². The molecule has 0 aliphatic carbocycles. The van der Waals surface area contributed by atoms with Crippen LogP contribution in [0.1, 0.15) is 18.3 Å². The molecule has 8 nitrogen and oxygen atoms in total. The Kier molecular flexibility index (Phi) is 4.46. The van der Waals surface area contributed by atoms with Crippen molar-refractivity contribution in [1.82, 2.24) is 9.97 Å². The van der Waals surface area contributed by atoms with Gasteiger partial charge in [0.15, 0.2) is 11.6 Å². The van der Waals surface area contributed by atoms with E-state index in [0.29, 0.717) is 0 Å². The van der Waals surface area contributed by atoms with Gasteiger partial charge in [0.1, 0.15) is 6.10 Å². The van der Waals surface area contributed by atoms with E-state index in [4.69, 9.17) is 10.6 Å². The van der Waals surface area contributed by atoms with Crippen molar-refractivity contribution >= 4 is 0 Å². The predicted molar refractivity (Wildman–Crippen MR) is 53.3 cm³/mol. The molecular formula is C8H11N5O3. The van der Waals surface area contributed by atoms with Gasteiger partial charge >= 0.3 is 0 Å². The average molecular weight is 225 g/mol. The van der Waals surface area contributed by atoms with Crippen molar-refractivity contribution < 1.29 is 15.3 Å². The second-order valence-electron chi connectivity index (χ2n) is 3.05. The number of rotatable bonds is 5. The summed E-state index contributed by atoms with van der Waals surface area (Å²) in [4.78, 5) is 9.83.